The first-order chi connectivity index (χ1) is 8.58. The van der Waals surface area contributed by atoms with Gasteiger partial charge in [-0.25, -0.2) is 0 Å². The molecule has 0 radical (unpaired) electrons. The molecule has 1 N–H and O–H groups in total. The molecule has 1 aromatic carbocycles. The lowest BCUT2D eigenvalue weighted by Gasteiger charge is -2.20. The van der Waals surface area contributed by atoms with Gasteiger partial charge in [0.1, 0.15) is 0 Å². The van der Waals surface area contributed by atoms with Gasteiger partial charge in [0.2, 0.25) is 0 Å². The molecule has 0 aliphatic carbocycles. The van der Waals surface area contributed by atoms with Crippen molar-refractivity contribution in [2.24, 2.45) is 5.92 Å². The monoisotopic (exact) mass is 248 g/mol. The molecule has 0 aliphatic heterocycles. The first-order valence-electron chi connectivity index (χ1n) is 7.09. The average Bonchev–Trinajstić information content (AvgIpc) is 2.39. The Kier molecular flexibility index (Phi) is 6.20. The van der Waals surface area contributed by atoms with E-state index in [0.29, 0.717) is 6.04 Å². The fourth-order valence-corrected chi connectivity index (χ4v) is 2.10. The topological polar surface area (TPSA) is 15.3 Å². The molecule has 0 fully saturated rings. The Hall–Kier alpha value is -1.02. The summed E-state index contributed by atoms with van der Waals surface area (Å²) in [6, 6.07) is 9.25. The molecule has 1 aromatic rings. The Morgan fingerprint density at radius 1 is 1.06 bits per heavy atom. The van der Waals surface area contributed by atoms with Gasteiger partial charge in [0.15, 0.2) is 0 Å². The van der Waals surface area contributed by atoms with E-state index in [9.17, 15) is 0 Å². The lowest BCUT2D eigenvalue weighted by atomic mass is 10.0. The third kappa shape index (κ3) is 4.34. The molecule has 2 heteroatoms. The fraction of sp³-hybridized carbons (Fsp3) is 0.625. The van der Waals surface area contributed by atoms with Gasteiger partial charge >= 0.3 is 0 Å². The number of benzene rings is 1. The van der Waals surface area contributed by atoms with Crippen molar-refractivity contribution in [1.29, 1.82) is 0 Å². The summed E-state index contributed by atoms with van der Waals surface area (Å²) in [4.78, 5) is 2.13. The summed E-state index contributed by atoms with van der Waals surface area (Å²) in [5.41, 5.74) is 2.62. The first-order valence-corrected chi connectivity index (χ1v) is 7.09. The number of hydrogen-bond donors (Lipinski definition) is 1. The van der Waals surface area contributed by atoms with E-state index in [-0.39, 0.29) is 0 Å². The second kappa shape index (κ2) is 7.42. The summed E-state index contributed by atoms with van der Waals surface area (Å²) in [6.07, 6.45) is 2.52. The molecule has 0 bridgehead atoms. The molecule has 0 saturated carbocycles. The smallest absolute Gasteiger partial charge is 0.0361 e. The Bertz CT molecular complexity index is 325. The first kappa shape index (κ1) is 15.0. The van der Waals surface area contributed by atoms with Gasteiger partial charge in [-0.2, -0.15) is 0 Å². The van der Waals surface area contributed by atoms with Crippen molar-refractivity contribution in [1.82, 2.24) is 5.32 Å². The SMILES string of the molecule is CCC(CC)CNC(C)c1ccc(N(C)C)cc1. The summed E-state index contributed by atoms with van der Waals surface area (Å²) in [7, 11) is 4.15. The van der Waals surface area contributed by atoms with Gasteiger partial charge < -0.3 is 10.2 Å². The highest BCUT2D eigenvalue weighted by molar-refractivity contribution is 5.46. The molecule has 0 heterocycles. The summed E-state index contributed by atoms with van der Waals surface area (Å²) in [5, 5.41) is 3.64. The van der Waals surface area contributed by atoms with Crippen molar-refractivity contribution in [2.45, 2.75) is 39.7 Å². The molecule has 0 spiro atoms. The van der Waals surface area contributed by atoms with Gasteiger partial charge in [-0.1, -0.05) is 38.8 Å². The minimum Gasteiger partial charge on any atom is -0.378 e. The molecule has 18 heavy (non-hydrogen) atoms. The Morgan fingerprint density at radius 3 is 2.06 bits per heavy atom. The maximum Gasteiger partial charge on any atom is 0.0361 e. The maximum atomic E-state index is 3.64. The van der Waals surface area contributed by atoms with E-state index in [0.717, 1.165) is 12.5 Å². The predicted octanol–water partition coefficient (Wildman–Crippen LogP) is 3.84. The molecule has 1 atom stereocenters. The number of rotatable bonds is 7. The molecular weight excluding hydrogens is 220 g/mol. The third-order valence-electron chi connectivity index (χ3n) is 3.78. The Balaban J connectivity index is 2.53. The normalized spacial score (nSPS) is 12.8. The molecule has 1 unspecified atom stereocenters. The molecule has 0 aromatic heterocycles. The minimum atomic E-state index is 0.432. The van der Waals surface area contributed by atoms with Gasteiger partial charge in [0.05, 0.1) is 0 Å². The highest BCUT2D eigenvalue weighted by atomic mass is 15.1. The van der Waals surface area contributed by atoms with Gasteiger partial charge in [0, 0.05) is 25.8 Å². The number of anilines is 1. The van der Waals surface area contributed by atoms with Crippen molar-refractivity contribution in [3.63, 3.8) is 0 Å². The number of nitrogens with zero attached hydrogens (tertiary/aromatic N) is 1. The Morgan fingerprint density at radius 2 is 1.61 bits per heavy atom. The van der Waals surface area contributed by atoms with Crippen LogP contribution >= 0.6 is 0 Å². The van der Waals surface area contributed by atoms with Crippen molar-refractivity contribution >= 4 is 5.69 Å². The van der Waals surface area contributed by atoms with E-state index < -0.39 is 0 Å². The van der Waals surface area contributed by atoms with Crippen LogP contribution in [0.1, 0.15) is 45.2 Å². The summed E-state index contributed by atoms with van der Waals surface area (Å²) >= 11 is 0. The number of nitrogens with one attached hydrogen (secondary N) is 1. The highest BCUT2D eigenvalue weighted by Gasteiger charge is 2.08. The lowest BCUT2D eigenvalue weighted by molar-refractivity contribution is 0.422. The van der Waals surface area contributed by atoms with Crippen LogP contribution in [0.15, 0.2) is 24.3 Å². The van der Waals surface area contributed by atoms with Gasteiger partial charge in [-0.3, -0.25) is 0 Å². The van der Waals surface area contributed by atoms with Crippen LogP contribution in [0.25, 0.3) is 0 Å². The van der Waals surface area contributed by atoms with Crippen LogP contribution in [0.3, 0.4) is 0 Å². The van der Waals surface area contributed by atoms with Crippen LogP contribution in [0, 0.1) is 5.92 Å². The number of hydrogen-bond acceptors (Lipinski definition) is 2. The van der Waals surface area contributed by atoms with Crippen LogP contribution in [-0.2, 0) is 0 Å². The Labute approximate surface area is 112 Å². The van der Waals surface area contributed by atoms with Crippen molar-refractivity contribution in [2.75, 3.05) is 25.5 Å². The molecular formula is C16H28N2. The average molecular weight is 248 g/mol. The van der Waals surface area contributed by atoms with Crippen LogP contribution in [-0.4, -0.2) is 20.6 Å². The third-order valence-corrected chi connectivity index (χ3v) is 3.78. The maximum absolute atomic E-state index is 3.64. The molecule has 0 saturated heterocycles. The van der Waals surface area contributed by atoms with Crippen LogP contribution in [0.4, 0.5) is 5.69 Å². The van der Waals surface area contributed by atoms with E-state index in [2.05, 4.69) is 69.3 Å². The van der Waals surface area contributed by atoms with E-state index in [1.54, 1.807) is 0 Å². The predicted molar refractivity (Wildman–Crippen MR) is 81.3 cm³/mol. The van der Waals surface area contributed by atoms with E-state index in [4.69, 9.17) is 0 Å². The second-order valence-corrected chi connectivity index (χ2v) is 5.30. The van der Waals surface area contributed by atoms with Gasteiger partial charge in [0.25, 0.3) is 0 Å². The van der Waals surface area contributed by atoms with Crippen LogP contribution < -0.4 is 10.2 Å². The summed E-state index contributed by atoms with van der Waals surface area (Å²) in [6.45, 7) is 7.90. The van der Waals surface area contributed by atoms with Gasteiger partial charge in [-0.15, -0.1) is 0 Å². The largest absolute Gasteiger partial charge is 0.378 e. The lowest BCUT2D eigenvalue weighted by Crippen LogP contribution is -2.25. The quantitative estimate of drug-likeness (QED) is 0.788. The zero-order chi connectivity index (χ0) is 13.5. The molecule has 0 aliphatic rings. The standard InChI is InChI=1S/C16H28N2/c1-6-14(7-2)12-17-13(3)15-8-10-16(11-9-15)18(4)5/h8-11,13-14,17H,6-7,12H2,1-5H3. The van der Waals surface area contributed by atoms with E-state index in [1.807, 2.05) is 0 Å². The molecule has 102 valence electrons. The fourth-order valence-electron chi connectivity index (χ4n) is 2.10. The van der Waals surface area contributed by atoms with Gasteiger partial charge in [-0.05, 0) is 37.1 Å². The molecule has 1 rings (SSSR count). The highest BCUT2D eigenvalue weighted by Crippen LogP contribution is 2.18. The van der Waals surface area contributed by atoms with E-state index in [1.165, 1.54) is 24.1 Å². The van der Waals surface area contributed by atoms with Crippen molar-refractivity contribution in [3.8, 4) is 0 Å². The van der Waals surface area contributed by atoms with Crippen LogP contribution in [0.2, 0.25) is 0 Å². The zero-order valence-electron chi connectivity index (χ0n) is 12.5. The summed E-state index contributed by atoms with van der Waals surface area (Å²) < 4.78 is 0. The summed E-state index contributed by atoms with van der Waals surface area (Å²) in [5.74, 6) is 0.800. The van der Waals surface area contributed by atoms with E-state index >= 15 is 0 Å². The molecule has 2 nitrogen and oxygen atoms in total. The second-order valence-electron chi connectivity index (χ2n) is 5.30. The minimum absolute atomic E-state index is 0.432. The molecule has 0 amide bonds. The zero-order valence-corrected chi connectivity index (χ0v) is 12.5. The van der Waals surface area contributed by atoms with Crippen molar-refractivity contribution < 1.29 is 0 Å². The van der Waals surface area contributed by atoms with Crippen LogP contribution in [0.5, 0.6) is 0 Å². The van der Waals surface area contributed by atoms with Crippen molar-refractivity contribution in [3.05, 3.63) is 29.8 Å².